The molecule has 1 saturated carbocycles. The SMILES string of the molecule is CC(C)COc1ccc(C(C)NC(=O)C2CCC2C(=O)O)cc1. The quantitative estimate of drug-likeness (QED) is 0.810. The Bertz CT molecular complexity index is 553. The van der Waals surface area contributed by atoms with Gasteiger partial charge in [-0.05, 0) is 43.4 Å². The lowest BCUT2D eigenvalue weighted by Crippen LogP contribution is -2.44. The highest BCUT2D eigenvalue weighted by molar-refractivity contribution is 5.86. The van der Waals surface area contributed by atoms with Gasteiger partial charge in [0.05, 0.1) is 24.5 Å². The van der Waals surface area contributed by atoms with Crippen molar-refractivity contribution in [1.29, 1.82) is 0 Å². The van der Waals surface area contributed by atoms with E-state index in [-0.39, 0.29) is 11.9 Å². The second kappa shape index (κ2) is 7.49. The zero-order valence-corrected chi connectivity index (χ0v) is 13.9. The molecule has 5 nitrogen and oxygen atoms in total. The molecule has 3 unspecified atom stereocenters. The number of carboxylic acids is 1. The molecular weight excluding hydrogens is 294 g/mol. The fourth-order valence-electron chi connectivity index (χ4n) is 2.63. The van der Waals surface area contributed by atoms with E-state index in [9.17, 15) is 9.59 Å². The Balaban J connectivity index is 1.89. The van der Waals surface area contributed by atoms with Crippen LogP contribution < -0.4 is 10.1 Å². The molecule has 1 aliphatic rings. The van der Waals surface area contributed by atoms with Crippen LogP contribution in [-0.2, 0) is 9.59 Å². The van der Waals surface area contributed by atoms with Crippen LogP contribution in [0.15, 0.2) is 24.3 Å². The number of ether oxygens (including phenoxy) is 1. The number of hydrogen-bond donors (Lipinski definition) is 2. The highest BCUT2D eigenvalue weighted by Gasteiger charge is 2.41. The first kappa shape index (κ1) is 17.3. The Hall–Kier alpha value is -2.04. The summed E-state index contributed by atoms with van der Waals surface area (Å²) in [5.41, 5.74) is 0.974. The summed E-state index contributed by atoms with van der Waals surface area (Å²) < 4.78 is 5.64. The topological polar surface area (TPSA) is 75.6 Å². The smallest absolute Gasteiger partial charge is 0.307 e. The van der Waals surface area contributed by atoms with Gasteiger partial charge in [-0.15, -0.1) is 0 Å². The fraction of sp³-hybridized carbons (Fsp3) is 0.556. The number of rotatable bonds is 7. The van der Waals surface area contributed by atoms with Crippen LogP contribution in [-0.4, -0.2) is 23.6 Å². The number of hydrogen-bond acceptors (Lipinski definition) is 3. The number of nitrogens with one attached hydrogen (secondary N) is 1. The van der Waals surface area contributed by atoms with E-state index < -0.39 is 17.8 Å². The van der Waals surface area contributed by atoms with E-state index in [2.05, 4.69) is 19.2 Å². The van der Waals surface area contributed by atoms with Gasteiger partial charge in [-0.25, -0.2) is 0 Å². The molecule has 2 N–H and O–H groups in total. The monoisotopic (exact) mass is 319 g/mol. The molecule has 1 aromatic rings. The van der Waals surface area contributed by atoms with Gasteiger partial charge in [-0.1, -0.05) is 26.0 Å². The van der Waals surface area contributed by atoms with Gasteiger partial charge in [0, 0.05) is 0 Å². The van der Waals surface area contributed by atoms with E-state index >= 15 is 0 Å². The standard InChI is InChI=1S/C18H25NO4/c1-11(2)10-23-14-6-4-13(5-7-14)12(3)19-17(20)15-8-9-16(15)18(21)22/h4-7,11-12,15-16H,8-10H2,1-3H3,(H,19,20)(H,21,22). The highest BCUT2D eigenvalue weighted by atomic mass is 16.5. The van der Waals surface area contributed by atoms with Gasteiger partial charge in [0.1, 0.15) is 5.75 Å². The lowest BCUT2D eigenvalue weighted by atomic mass is 9.73. The van der Waals surface area contributed by atoms with Gasteiger partial charge in [-0.3, -0.25) is 9.59 Å². The summed E-state index contributed by atoms with van der Waals surface area (Å²) in [4.78, 5) is 23.2. The van der Waals surface area contributed by atoms with Crippen LogP contribution in [0.25, 0.3) is 0 Å². The van der Waals surface area contributed by atoms with Crippen molar-refractivity contribution >= 4 is 11.9 Å². The number of carboxylic acid groups (broad SMARTS) is 1. The molecule has 0 bridgehead atoms. The molecule has 1 amide bonds. The van der Waals surface area contributed by atoms with Gasteiger partial charge in [-0.2, -0.15) is 0 Å². The Morgan fingerprint density at radius 3 is 2.26 bits per heavy atom. The van der Waals surface area contributed by atoms with Crippen LogP contribution in [0.4, 0.5) is 0 Å². The summed E-state index contributed by atoms with van der Waals surface area (Å²) >= 11 is 0. The maximum absolute atomic E-state index is 12.2. The minimum Gasteiger partial charge on any atom is -0.493 e. The van der Waals surface area contributed by atoms with Crippen molar-refractivity contribution in [2.45, 2.75) is 39.7 Å². The molecule has 0 aliphatic heterocycles. The number of carbonyl (C=O) groups excluding carboxylic acids is 1. The minimum atomic E-state index is -0.879. The molecule has 0 aromatic heterocycles. The lowest BCUT2D eigenvalue weighted by molar-refractivity contribution is -0.152. The minimum absolute atomic E-state index is 0.156. The van der Waals surface area contributed by atoms with Crippen molar-refractivity contribution in [2.75, 3.05) is 6.61 Å². The maximum Gasteiger partial charge on any atom is 0.307 e. The molecule has 0 spiro atoms. The molecule has 1 fully saturated rings. The van der Waals surface area contributed by atoms with Gasteiger partial charge < -0.3 is 15.2 Å². The molecule has 0 saturated heterocycles. The third kappa shape index (κ3) is 4.47. The average molecular weight is 319 g/mol. The molecule has 5 heteroatoms. The molecule has 1 aromatic carbocycles. The second-order valence-corrected chi connectivity index (χ2v) is 6.63. The molecule has 23 heavy (non-hydrogen) atoms. The zero-order chi connectivity index (χ0) is 17.0. The predicted octanol–water partition coefficient (Wildman–Crippen LogP) is 3.01. The predicted molar refractivity (Wildman–Crippen MR) is 87.2 cm³/mol. The maximum atomic E-state index is 12.2. The van der Waals surface area contributed by atoms with Crippen LogP contribution >= 0.6 is 0 Å². The highest BCUT2D eigenvalue weighted by Crippen LogP contribution is 2.35. The summed E-state index contributed by atoms with van der Waals surface area (Å²) in [6.07, 6.45) is 1.24. The van der Waals surface area contributed by atoms with Crippen LogP contribution in [0.1, 0.15) is 45.2 Å². The first-order chi connectivity index (χ1) is 10.9. The van der Waals surface area contributed by atoms with Crippen molar-refractivity contribution in [1.82, 2.24) is 5.32 Å². The average Bonchev–Trinajstić information content (AvgIpc) is 2.43. The Kier molecular flexibility index (Phi) is 5.64. The number of benzene rings is 1. The zero-order valence-electron chi connectivity index (χ0n) is 13.9. The molecular formula is C18H25NO4. The van der Waals surface area contributed by atoms with Gasteiger partial charge in [0.2, 0.25) is 5.91 Å². The first-order valence-electron chi connectivity index (χ1n) is 8.14. The fourth-order valence-corrected chi connectivity index (χ4v) is 2.63. The first-order valence-corrected chi connectivity index (χ1v) is 8.14. The normalized spacial score (nSPS) is 21.4. The van der Waals surface area contributed by atoms with Crippen LogP contribution in [0.5, 0.6) is 5.75 Å². The molecule has 0 radical (unpaired) electrons. The lowest BCUT2D eigenvalue weighted by Gasteiger charge is -2.33. The van der Waals surface area contributed by atoms with Gasteiger partial charge in [0.15, 0.2) is 0 Å². The Morgan fingerprint density at radius 2 is 1.78 bits per heavy atom. The summed E-state index contributed by atoms with van der Waals surface area (Å²) in [5.74, 6) is -0.701. The largest absolute Gasteiger partial charge is 0.493 e. The summed E-state index contributed by atoms with van der Waals surface area (Å²) in [5, 5.41) is 11.9. The number of aliphatic carboxylic acids is 1. The van der Waals surface area contributed by atoms with Crippen molar-refractivity contribution < 1.29 is 19.4 Å². The van der Waals surface area contributed by atoms with Crippen molar-refractivity contribution in [3.8, 4) is 5.75 Å². The second-order valence-electron chi connectivity index (χ2n) is 6.63. The van der Waals surface area contributed by atoms with E-state index in [1.807, 2.05) is 31.2 Å². The number of carbonyl (C=O) groups is 2. The summed E-state index contributed by atoms with van der Waals surface area (Å²) in [6.45, 7) is 6.76. The molecule has 1 aliphatic carbocycles. The third-order valence-electron chi connectivity index (χ3n) is 4.25. The molecule has 0 heterocycles. The van der Waals surface area contributed by atoms with Gasteiger partial charge >= 0.3 is 5.97 Å². The number of amides is 1. The Labute approximate surface area is 137 Å². The van der Waals surface area contributed by atoms with E-state index in [0.717, 1.165) is 11.3 Å². The van der Waals surface area contributed by atoms with Gasteiger partial charge in [0.25, 0.3) is 0 Å². The third-order valence-corrected chi connectivity index (χ3v) is 4.25. The van der Waals surface area contributed by atoms with Crippen molar-refractivity contribution in [3.05, 3.63) is 29.8 Å². The molecule has 2 rings (SSSR count). The van der Waals surface area contributed by atoms with Crippen molar-refractivity contribution in [3.63, 3.8) is 0 Å². The molecule has 126 valence electrons. The van der Waals surface area contributed by atoms with E-state index in [1.165, 1.54) is 0 Å². The summed E-state index contributed by atoms with van der Waals surface area (Å²) in [6, 6.07) is 7.48. The van der Waals surface area contributed by atoms with Crippen molar-refractivity contribution in [2.24, 2.45) is 17.8 Å². The molecule has 3 atom stereocenters. The van der Waals surface area contributed by atoms with Crippen LogP contribution in [0.2, 0.25) is 0 Å². The van der Waals surface area contributed by atoms with E-state index in [4.69, 9.17) is 9.84 Å². The van der Waals surface area contributed by atoms with E-state index in [1.54, 1.807) is 0 Å². The van der Waals surface area contributed by atoms with Crippen LogP contribution in [0.3, 0.4) is 0 Å². The summed E-state index contributed by atoms with van der Waals surface area (Å²) in [7, 11) is 0. The van der Waals surface area contributed by atoms with Crippen LogP contribution in [0, 0.1) is 17.8 Å². The Morgan fingerprint density at radius 1 is 1.17 bits per heavy atom. The van der Waals surface area contributed by atoms with E-state index in [0.29, 0.717) is 25.4 Å².